The van der Waals surface area contributed by atoms with E-state index in [-0.39, 0.29) is 17.0 Å². The van der Waals surface area contributed by atoms with Crippen molar-refractivity contribution in [3.8, 4) is 11.8 Å². The molecule has 2 aromatic carbocycles. The van der Waals surface area contributed by atoms with Gasteiger partial charge in [-0.05, 0) is 36.4 Å². The number of hydrogen-bond acceptors (Lipinski definition) is 4. The molecule has 0 radical (unpaired) electrons. The van der Waals surface area contributed by atoms with Gasteiger partial charge in [0.15, 0.2) is 0 Å². The van der Waals surface area contributed by atoms with Crippen LogP contribution in [0.4, 0.5) is 11.4 Å². The highest BCUT2D eigenvalue weighted by Gasteiger charge is 2.11. The third-order valence-electron chi connectivity index (χ3n) is 2.64. The molecule has 6 heteroatoms. The van der Waals surface area contributed by atoms with Crippen LogP contribution in [-0.4, -0.2) is 11.0 Å². The van der Waals surface area contributed by atoms with E-state index in [4.69, 9.17) is 22.6 Å². The number of nitrogens with two attached hydrogens (primary N) is 1. The maximum absolute atomic E-state index is 12.0. The summed E-state index contributed by atoms with van der Waals surface area (Å²) < 4.78 is 0. The molecule has 5 nitrogen and oxygen atoms in total. The predicted molar refractivity (Wildman–Crippen MR) is 76.6 cm³/mol. The van der Waals surface area contributed by atoms with Gasteiger partial charge in [0, 0.05) is 10.6 Å². The van der Waals surface area contributed by atoms with Crippen LogP contribution in [0.3, 0.4) is 0 Å². The Kier molecular flexibility index (Phi) is 3.78. The lowest BCUT2D eigenvalue weighted by atomic mass is 10.1. The largest absolute Gasteiger partial charge is 0.506 e. The highest BCUT2D eigenvalue weighted by Crippen LogP contribution is 2.23. The second kappa shape index (κ2) is 5.51. The second-order valence-electron chi connectivity index (χ2n) is 4.03. The Bertz CT molecular complexity index is 723. The van der Waals surface area contributed by atoms with E-state index in [0.717, 1.165) is 0 Å². The minimum Gasteiger partial charge on any atom is -0.506 e. The summed E-state index contributed by atoms with van der Waals surface area (Å²) in [5, 5.41) is 21.4. The molecule has 0 heterocycles. The van der Waals surface area contributed by atoms with Crippen LogP contribution in [0.2, 0.25) is 5.02 Å². The first-order chi connectivity index (χ1) is 9.51. The van der Waals surface area contributed by atoms with Crippen molar-refractivity contribution in [3.63, 3.8) is 0 Å². The Balaban J connectivity index is 2.30. The van der Waals surface area contributed by atoms with E-state index in [1.165, 1.54) is 30.3 Å². The number of nitriles is 1. The Morgan fingerprint density at radius 2 is 2.05 bits per heavy atom. The molecule has 0 saturated heterocycles. The van der Waals surface area contributed by atoms with Crippen molar-refractivity contribution in [2.45, 2.75) is 0 Å². The number of carbonyl (C=O) groups excluding carboxylic acids is 1. The molecule has 0 saturated carbocycles. The molecule has 0 aliphatic heterocycles. The molecule has 0 atom stereocenters. The molecule has 0 unspecified atom stereocenters. The molecule has 0 aliphatic rings. The summed E-state index contributed by atoms with van der Waals surface area (Å²) in [6.07, 6.45) is 0. The lowest BCUT2D eigenvalue weighted by Gasteiger charge is -2.08. The minimum absolute atomic E-state index is 0.177. The topological polar surface area (TPSA) is 99.1 Å². The molecule has 0 fully saturated rings. The van der Waals surface area contributed by atoms with E-state index >= 15 is 0 Å². The number of nitrogen functional groups attached to an aromatic ring is 1. The van der Waals surface area contributed by atoms with Crippen molar-refractivity contribution in [2.75, 3.05) is 11.1 Å². The average Bonchev–Trinajstić information content (AvgIpc) is 2.42. The van der Waals surface area contributed by atoms with Crippen molar-refractivity contribution in [3.05, 3.63) is 52.5 Å². The van der Waals surface area contributed by atoms with Crippen molar-refractivity contribution in [1.29, 1.82) is 5.26 Å². The number of anilines is 2. The van der Waals surface area contributed by atoms with Gasteiger partial charge in [0.1, 0.15) is 11.8 Å². The molecule has 1 amide bonds. The number of benzene rings is 2. The summed E-state index contributed by atoms with van der Waals surface area (Å²) in [4.78, 5) is 12.0. The monoisotopic (exact) mass is 287 g/mol. The molecule has 2 aromatic rings. The van der Waals surface area contributed by atoms with Crippen LogP contribution >= 0.6 is 11.6 Å². The molecule has 20 heavy (non-hydrogen) atoms. The zero-order valence-corrected chi connectivity index (χ0v) is 11.0. The predicted octanol–water partition coefficient (Wildman–Crippen LogP) is 2.75. The lowest BCUT2D eigenvalue weighted by Crippen LogP contribution is -2.13. The average molecular weight is 288 g/mol. The van der Waals surface area contributed by atoms with Gasteiger partial charge in [-0.15, -0.1) is 0 Å². The first kappa shape index (κ1) is 13.7. The third kappa shape index (κ3) is 2.82. The highest BCUT2D eigenvalue weighted by atomic mass is 35.5. The van der Waals surface area contributed by atoms with Gasteiger partial charge >= 0.3 is 0 Å². The molecule has 0 aliphatic carbocycles. The molecule has 0 spiro atoms. The number of phenolic OH excluding ortho intramolecular Hbond substituents is 1. The maximum atomic E-state index is 12.0. The summed E-state index contributed by atoms with van der Waals surface area (Å²) >= 11 is 5.83. The van der Waals surface area contributed by atoms with Crippen LogP contribution in [0, 0.1) is 11.3 Å². The Morgan fingerprint density at radius 1 is 1.30 bits per heavy atom. The number of amides is 1. The number of nitrogens with zero attached hydrogens (tertiary/aromatic N) is 1. The van der Waals surface area contributed by atoms with Crippen LogP contribution in [-0.2, 0) is 0 Å². The summed E-state index contributed by atoms with van der Waals surface area (Å²) in [7, 11) is 0. The number of rotatable bonds is 2. The molecule has 0 aromatic heterocycles. The van der Waals surface area contributed by atoms with Gasteiger partial charge in [0.2, 0.25) is 0 Å². The van der Waals surface area contributed by atoms with Crippen molar-refractivity contribution in [2.24, 2.45) is 0 Å². The molecule has 2 rings (SSSR count). The number of aromatic hydroxyl groups is 1. The molecule has 0 bridgehead atoms. The SMILES string of the molecule is N#Cc1ccc(Cl)cc1NC(=O)c1ccc(N)c(O)c1. The van der Waals surface area contributed by atoms with E-state index in [1.807, 2.05) is 6.07 Å². The van der Waals surface area contributed by atoms with Crippen LogP contribution in [0.15, 0.2) is 36.4 Å². The number of carbonyl (C=O) groups is 1. The number of phenols is 1. The van der Waals surface area contributed by atoms with Gasteiger partial charge in [-0.2, -0.15) is 5.26 Å². The molecule has 100 valence electrons. The first-order valence-electron chi connectivity index (χ1n) is 5.61. The Labute approximate surface area is 120 Å². The molecular weight excluding hydrogens is 278 g/mol. The Hall–Kier alpha value is -2.71. The van der Waals surface area contributed by atoms with Gasteiger partial charge in [0.25, 0.3) is 5.91 Å². The zero-order chi connectivity index (χ0) is 14.7. The van der Waals surface area contributed by atoms with Crippen LogP contribution in [0.5, 0.6) is 5.75 Å². The number of halogens is 1. The van der Waals surface area contributed by atoms with Crippen molar-refractivity contribution < 1.29 is 9.90 Å². The fraction of sp³-hybridized carbons (Fsp3) is 0. The smallest absolute Gasteiger partial charge is 0.255 e. The van der Waals surface area contributed by atoms with Gasteiger partial charge in [0.05, 0.1) is 16.9 Å². The van der Waals surface area contributed by atoms with Gasteiger partial charge in [-0.25, -0.2) is 0 Å². The van der Waals surface area contributed by atoms with Crippen LogP contribution < -0.4 is 11.1 Å². The zero-order valence-electron chi connectivity index (χ0n) is 10.2. The van der Waals surface area contributed by atoms with Gasteiger partial charge < -0.3 is 16.2 Å². The van der Waals surface area contributed by atoms with Crippen molar-refractivity contribution in [1.82, 2.24) is 0 Å². The van der Waals surface area contributed by atoms with E-state index in [1.54, 1.807) is 6.07 Å². The normalized spacial score (nSPS) is 9.80. The maximum Gasteiger partial charge on any atom is 0.255 e. The number of nitrogens with one attached hydrogen (secondary N) is 1. The third-order valence-corrected chi connectivity index (χ3v) is 2.88. The fourth-order valence-corrected chi connectivity index (χ4v) is 1.77. The summed E-state index contributed by atoms with van der Waals surface area (Å²) in [6.45, 7) is 0. The lowest BCUT2D eigenvalue weighted by molar-refractivity contribution is 0.102. The van der Waals surface area contributed by atoms with E-state index in [9.17, 15) is 9.90 Å². The highest BCUT2D eigenvalue weighted by molar-refractivity contribution is 6.31. The molecule has 4 N–H and O–H groups in total. The van der Waals surface area contributed by atoms with Gasteiger partial charge in [-0.3, -0.25) is 4.79 Å². The van der Waals surface area contributed by atoms with E-state index in [2.05, 4.69) is 5.32 Å². The summed E-state index contributed by atoms with van der Waals surface area (Å²) in [5.74, 6) is -0.650. The van der Waals surface area contributed by atoms with Crippen LogP contribution in [0.1, 0.15) is 15.9 Å². The molecular formula is C14H10ClN3O2. The van der Waals surface area contributed by atoms with Gasteiger partial charge in [-0.1, -0.05) is 11.6 Å². The second-order valence-corrected chi connectivity index (χ2v) is 4.47. The standard InChI is InChI=1S/C14H10ClN3O2/c15-10-3-1-9(7-16)12(6-10)18-14(20)8-2-4-11(17)13(19)5-8/h1-6,19H,17H2,(H,18,20). The van der Waals surface area contributed by atoms with Crippen molar-refractivity contribution >= 4 is 28.9 Å². The summed E-state index contributed by atoms with van der Waals surface area (Å²) in [5.41, 5.74) is 6.47. The number of hydrogen-bond donors (Lipinski definition) is 3. The van der Waals surface area contributed by atoms with E-state index < -0.39 is 5.91 Å². The van der Waals surface area contributed by atoms with Crippen LogP contribution in [0.25, 0.3) is 0 Å². The fourth-order valence-electron chi connectivity index (χ4n) is 1.60. The quantitative estimate of drug-likeness (QED) is 0.584. The Morgan fingerprint density at radius 3 is 2.70 bits per heavy atom. The first-order valence-corrected chi connectivity index (χ1v) is 5.98. The summed E-state index contributed by atoms with van der Waals surface area (Å²) in [6, 6.07) is 10.7. The van der Waals surface area contributed by atoms with E-state index in [0.29, 0.717) is 16.3 Å². The minimum atomic E-state index is -0.473.